The standard InChI is InChI=1S/C22H26N2O3/c1-26-20-8-6-17(7-9-20)14-23-12-13-27-21(16-23)22(25)24-11-10-18-4-2-3-5-19(18)15-24/h2-9,21H,10-16H2,1H3. The van der Waals surface area contributed by atoms with Crippen molar-refractivity contribution in [3.05, 3.63) is 65.2 Å². The number of amides is 1. The van der Waals surface area contributed by atoms with Gasteiger partial charge in [-0.15, -0.1) is 0 Å². The van der Waals surface area contributed by atoms with E-state index in [1.54, 1.807) is 7.11 Å². The van der Waals surface area contributed by atoms with Crippen LogP contribution >= 0.6 is 0 Å². The van der Waals surface area contributed by atoms with Crippen LogP contribution in [0.2, 0.25) is 0 Å². The lowest BCUT2D eigenvalue weighted by molar-refractivity contribution is -0.150. The number of ether oxygens (including phenoxy) is 2. The van der Waals surface area contributed by atoms with E-state index in [-0.39, 0.29) is 12.0 Å². The number of benzene rings is 2. The first-order chi connectivity index (χ1) is 13.2. The summed E-state index contributed by atoms with van der Waals surface area (Å²) in [5, 5.41) is 0. The summed E-state index contributed by atoms with van der Waals surface area (Å²) in [4.78, 5) is 17.2. The third-order valence-electron chi connectivity index (χ3n) is 5.43. The smallest absolute Gasteiger partial charge is 0.253 e. The van der Waals surface area contributed by atoms with Gasteiger partial charge < -0.3 is 14.4 Å². The molecule has 0 aliphatic carbocycles. The van der Waals surface area contributed by atoms with Crippen molar-refractivity contribution in [2.45, 2.75) is 25.6 Å². The molecule has 27 heavy (non-hydrogen) atoms. The molecule has 0 bridgehead atoms. The van der Waals surface area contributed by atoms with E-state index >= 15 is 0 Å². The van der Waals surface area contributed by atoms with Crippen molar-refractivity contribution in [3.8, 4) is 5.75 Å². The largest absolute Gasteiger partial charge is 0.497 e. The average Bonchev–Trinajstić information content (AvgIpc) is 2.73. The number of hydrogen-bond donors (Lipinski definition) is 0. The molecule has 1 atom stereocenters. The minimum atomic E-state index is -0.373. The number of morpholine rings is 1. The molecule has 2 aromatic carbocycles. The number of nitrogens with zero attached hydrogens (tertiary/aromatic N) is 2. The first-order valence-corrected chi connectivity index (χ1v) is 9.55. The molecule has 0 radical (unpaired) electrons. The number of carbonyl (C=O) groups is 1. The number of rotatable bonds is 4. The van der Waals surface area contributed by atoms with Crippen LogP contribution in [0.1, 0.15) is 16.7 Å². The molecule has 1 saturated heterocycles. The van der Waals surface area contributed by atoms with Gasteiger partial charge in [-0.25, -0.2) is 0 Å². The summed E-state index contributed by atoms with van der Waals surface area (Å²) in [5.74, 6) is 0.975. The third kappa shape index (κ3) is 4.15. The number of fused-ring (bicyclic) bond motifs is 1. The maximum absolute atomic E-state index is 13.0. The van der Waals surface area contributed by atoms with E-state index in [0.29, 0.717) is 19.7 Å². The highest BCUT2D eigenvalue weighted by Crippen LogP contribution is 2.21. The number of carbonyl (C=O) groups excluding carboxylic acids is 1. The van der Waals surface area contributed by atoms with Gasteiger partial charge in [-0.05, 0) is 35.2 Å². The molecule has 5 nitrogen and oxygen atoms in total. The zero-order valence-corrected chi connectivity index (χ0v) is 15.8. The van der Waals surface area contributed by atoms with Crippen molar-refractivity contribution in [2.24, 2.45) is 0 Å². The van der Waals surface area contributed by atoms with E-state index in [1.807, 2.05) is 23.1 Å². The molecule has 2 aromatic rings. The van der Waals surface area contributed by atoms with Crippen LogP contribution in [0.25, 0.3) is 0 Å². The summed E-state index contributed by atoms with van der Waals surface area (Å²) in [5.41, 5.74) is 3.83. The third-order valence-corrected chi connectivity index (χ3v) is 5.43. The van der Waals surface area contributed by atoms with Gasteiger partial charge in [-0.2, -0.15) is 0 Å². The molecule has 0 spiro atoms. The minimum absolute atomic E-state index is 0.115. The summed E-state index contributed by atoms with van der Waals surface area (Å²) in [6.45, 7) is 4.36. The van der Waals surface area contributed by atoms with E-state index in [9.17, 15) is 4.79 Å². The molecule has 5 heteroatoms. The van der Waals surface area contributed by atoms with Crippen LogP contribution in [0.3, 0.4) is 0 Å². The number of hydrogen-bond acceptors (Lipinski definition) is 4. The molecule has 4 rings (SSSR count). The Balaban J connectivity index is 1.37. The quantitative estimate of drug-likeness (QED) is 0.834. The summed E-state index contributed by atoms with van der Waals surface area (Å²) in [6.07, 6.45) is 0.548. The van der Waals surface area contributed by atoms with Crippen LogP contribution in [0.15, 0.2) is 48.5 Å². The van der Waals surface area contributed by atoms with Crippen molar-refractivity contribution in [1.82, 2.24) is 9.80 Å². The predicted octanol–water partition coefficient (Wildman–Crippen LogP) is 2.48. The normalized spacial score (nSPS) is 20.2. The van der Waals surface area contributed by atoms with Gasteiger partial charge in [-0.3, -0.25) is 9.69 Å². The van der Waals surface area contributed by atoms with Gasteiger partial charge >= 0.3 is 0 Å². The van der Waals surface area contributed by atoms with Crippen molar-refractivity contribution >= 4 is 5.91 Å². The molecule has 0 aromatic heterocycles. The van der Waals surface area contributed by atoms with E-state index < -0.39 is 0 Å². The maximum atomic E-state index is 13.0. The van der Waals surface area contributed by atoms with Gasteiger partial charge in [0.1, 0.15) is 11.9 Å². The van der Waals surface area contributed by atoms with Crippen LogP contribution in [0.5, 0.6) is 5.75 Å². The molecule has 1 unspecified atom stereocenters. The lowest BCUT2D eigenvalue weighted by Gasteiger charge is -2.36. The van der Waals surface area contributed by atoms with Crippen LogP contribution in [0, 0.1) is 0 Å². The van der Waals surface area contributed by atoms with Crippen molar-refractivity contribution in [3.63, 3.8) is 0 Å². The van der Waals surface area contributed by atoms with Gasteiger partial charge in [0.2, 0.25) is 0 Å². The second-order valence-corrected chi connectivity index (χ2v) is 7.22. The Bertz CT molecular complexity index is 790. The Morgan fingerprint density at radius 2 is 1.89 bits per heavy atom. The molecular formula is C22H26N2O3. The van der Waals surface area contributed by atoms with Crippen LogP contribution in [0.4, 0.5) is 0 Å². The Labute approximate surface area is 160 Å². The highest BCUT2D eigenvalue weighted by molar-refractivity contribution is 5.81. The fraction of sp³-hybridized carbons (Fsp3) is 0.409. The lowest BCUT2D eigenvalue weighted by atomic mass is 9.99. The SMILES string of the molecule is COc1ccc(CN2CCOC(C(=O)N3CCc4ccccc4C3)C2)cc1. The molecule has 2 heterocycles. The molecule has 142 valence electrons. The Morgan fingerprint density at radius 3 is 2.67 bits per heavy atom. The Morgan fingerprint density at radius 1 is 1.11 bits per heavy atom. The van der Waals surface area contributed by atoms with Gasteiger partial charge in [0.05, 0.1) is 13.7 Å². The lowest BCUT2D eigenvalue weighted by Crippen LogP contribution is -2.51. The zero-order valence-electron chi connectivity index (χ0n) is 15.8. The van der Waals surface area contributed by atoms with Crippen LogP contribution in [-0.2, 0) is 29.0 Å². The summed E-state index contributed by atoms with van der Waals surface area (Å²) in [7, 11) is 1.67. The first kappa shape index (κ1) is 18.0. The summed E-state index contributed by atoms with van der Waals surface area (Å²) < 4.78 is 11.0. The zero-order chi connectivity index (χ0) is 18.6. The summed E-state index contributed by atoms with van der Waals surface area (Å²) >= 11 is 0. The number of methoxy groups -OCH3 is 1. The highest BCUT2D eigenvalue weighted by Gasteiger charge is 2.31. The second kappa shape index (κ2) is 8.11. The fourth-order valence-electron chi connectivity index (χ4n) is 3.87. The monoisotopic (exact) mass is 366 g/mol. The molecule has 0 saturated carbocycles. The van der Waals surface area contributed by atoms with Crippen molar-refractivity contribution in [1.29, 1.82) is 0 Å². The van der Waals surface area contributed by atoms with Crippen molar-refractivity contribution in [2.75, 3.05) is 33.4 Å². The molecule has 0 N–H and O–H groups in total. The molecular weight excluding hydrogens is 340 g/mol. The topological polar surface area (TPSA) is 42.0 Å². The van der Waals surface area contributed by atoms with Gasteiger partial charge in [0, 0.05) is 32.7 Å². The van der Waals surface area contributed by atoms with E-state index in [4.69, 9.17) is 9.47 Å². The fourth-order valence-corrected chi connectivity index (χ4v) is 3.87. The highest BCUT2D eigenvalue weighted by atomic mass is 16.5. The predicted molar refractivity (Wildman–Crippen MR) is 104 cm³/mol. The van der Waals surface area contributed by atoms with Gasteiger partial charge in [0.15, 0.2) is 0 Å². The Kier molecular flexibility index (Phi) is 5.41. The average molecular weight is 366 g/mol. The van der Waals surface area contributed by atoms with Gasteiger partial charge in [-0.1, -0.05) is 36.4 Å². The Hall–Kier alpha value is -2.37. The second-order valence-electron chi connectivity index (χ2n) is 7.22. The van der Waals surface area contributed by atoms with Crippen molar-refractivity contribution < 1.29 is 14.3 Å². The van der Waals surface area contributed by atoms with E-state index in [0.717, 1.165) is 31.8 Å². The molecule has 2 aliphatic rings. The van der Waals surface area contributed by atoms with E-state index in [1.165, 1.54) is 16.7 Å². The molecule has 1 fully saturated rings. The first-order valence-electron chi connectivity index (χ1n) is 9.55. The molecule has 1 amide bonds. The summed E-state index contributed by atoms with van der Waals surface area (Å²) in [6, 6.07) is 16.5. The minimum Gasteiger partial charge on any atom is -0.497 e. The van der Waals surface area contributed by atoms with E-state index in [2.05, 4.69) is 35.2 Å². The maximum Gasteiger partial charge on any atom is 0.253 e. The molecule has 2 aliphatic heterocycles. The van der Waals surface area contributed by atoms with Gasteiger partial charge in [0.25, 0.3) is 5.91 Å². The van der Waals surface area contributed by atoms with Crippen LogP contribution in [-0.4, -0.2) is 55.2 Å². The van der Waals surface area contributed by atoms with Crippen LogP contribution < -0.4 is 4.74 Å².